The minimum absolute atomic E-state index is 0.0953. The lowest BCUT2D eigenvalue weighted by atomic mass is 9.82. The molecule has 100 valence electrons. The zero-order valence-corrected chi connectivity index (χ0v) is 12.6. The molecule has 0 bridgehead atoms. The van der Waals surface area contributed by atoms with E-state index in [1.54, 1.807) is 0 Å². The molecule has 18 heavy (non-hydrogen) atoms. The van der Waals surface area contributed by atoms with Crippen molar-refractivity contribution in [1.29, 1.82) is 0 Å². The second-order valence-corrected chi connectivity index (χ2v) is 7.17. The minimum Gasteiger partial charge on any atom is -0.117 e. The Morgan fingerprint density at radius 2 is 1.56 bits per heavy atom. The molecule has 0 radical (unpaired) electrons. The average molecular weight is 265 g/mol. The van der Waals surface area contributed by atoms with Crippen molar-refractivity contribution in [1.82, 2.24) is 0 Å². The molecule has 1 aliphatic rings. The third-order valence-corrected chi connectivity index (χ3v) is 4.97. The van der Waals surface area contributed by atoms with E-state index in [4.69, 9.17) is 11.6 Å². The topological polar surface area (TPSA) is 0 Å². The van der Waals surface area contributed by atoms with Gasteiger partial charge in [0.2, 0.25) is 0 Å². The van der Waals surface area contributed by atoms with Crippen molar-refractivity contribution in [3.05, 3.63) is 35.4 Å². The van der Waals surface area contributed by atoms with Gasteiger partial charge in [-0.2, -0.15) is 0 Å². The molecule has 1 saturated carbocycles. The highest BCUT2D eigenvalue weighted by molar-refractivity contribution is 6.21. The average Bonchev–Trinajstić information content (AvgIpc) is 2.38. The van der Waals surface area contributed by atoms with Gasteiger partial charge in [-0.1, -0.05) is 64.3 Å². The Morgan fingerprint density at radius 3 is 2.06 bits per heavy atom. The van der Waals surface area contributed by atoms with Crippen molar-refractivity contribution in [2.24, 2.45) is 5.41 Å². The summed E-state index contributed by atoms with van der Waals surface area (Å²) in [7, 11) is 0. The van der Waals surface area contributed by atoms with Crippen LogP contribution >= 0.6 is 11.6 Å². The molecule has 1 aliphatic carbocycles. The van der Waals surface area contributed by atoms with Gasteiger partial charge >= 0.3 is 0 Å². The summed E-state index contributed by atoms with van der Waals surface area (Å²) in [6, 6.07) is 9.05. The molecule has 0 saturated heterocycles. The fourth-order valence-electron chi connectivity index (χ4n) is 2.87. The Balaban J connectivity index is 2.09. The Labute approximate surface area is 117 Å². The van der Waals surface area contributed by atoms with Crippen LogP contribution in [-0.2, 0) is 0 Å². The normalized spacial score (nSPS) is 19.8. The minimum atomic E-state index is 0.0953. The number of hydrogen-bond donors (Lipinski definition) is 0. The Kier molecular flexibility index (Phi) is 4.37. The van der Waals surface area contributed by atoms with Crippen molar-refractivity contribution in [3.8, 4) is 0 Å². The van der Waals surface area contributed by atoms with Gasteiger partial charge in [0.15, 0.2) is 0 Å². The third-order valence-electron chi connectivity index (χ3n) is 4.07. The highest BCUT2D eigenvalue weighted by atomic mass is 35.5. The van der Waals surface area contributed by atoms with Crippen LogP contribution in [0.2, 0.25) is 0 Å². The SMILES string of the molecule is CC(C)(C)C(Cl)c1ccc(C2CCCCC2)cc1. The van der Waals surface area contributed by atoms with E-state index in [1.807, 2.05) is 0 Å². The first kappa shape index (κ1) is 13.9. The van der Waals surface area contributed by atoms with Gasteiger partial charge in [0.25, 0.3) is 0 Å². The summed E-state index contributed by atoms with van der Waals surface area (Å²) >= 11 is 6.52. The molecule has 0 N–H and O–H groups in total. The molecule has 0 heterocycles. The molecule has 0 spiro atoms. The molecular weight excluding hydrogens is 240 g/mol. The van der Waals surface area contributed by atoms with Gasteiger partial charge in [0, 0.05) is 0 Å². The van der Waals surface area contributed by atoms with Gasteiger partial charge in [0.05, 0.1) is 5.38 Å². The maximum Gasteiger partial charge on any atom is 0.0633 e. The lowest BCUT2D eigenvalue weighted by Crippen LogP contribution is -2.13. The summed E-state index contributed by atoms with van der Waals surface area (Å²) in [6.07, 6.45) is 6.94. The number of alkyl halides is 1. The second kappa shape index (κ2) is 5.65. The van der Waals surface area contributed by atoms with Crippen LogP contribution in [-0.4, -0.2) is 0 Å². The lowest BCUT2D eigenvalue weighted by molar-refractivity contribution is 0.395. The first-order valence-electron chi connectivity index (χ1n) is 7.22. The fourth-order valence-corrected chi connectivity index (χ4v) is 3.02. The number of benzene rings is 1. The second-order valence-electron chi connectivity index (χ2n) is 6.73. The van der Waals surface area contributed by atoms with Gasteiger partial charge in [-0.3, -0.25) is 0 Å². The smallest absolute Gasteiger partial charge is 0.0633 e. The van der Waals surface area contributed by atoms with Crippen molar-refractivity contribution < 1.29 is 0 Å². The molecule has 1 heteroatoms. The predicted octanol–water partition coefficient (Wildman–Crippen LogP) is 6.06. The molecule has 1 fully saturated rings. The molecule has 0 amide bonds. The van der Waals surface area contributed by atoms with Crippen LogP contribution < -0.4 is 0 Å². The van der Waals surface area contributed by atoms with Gasteiger partial charge in [-0.15, -0.1) is 11.6 Å². The zero-order chi connectivity index (χ0) is 13.2. The van der Waals surface area contributed by atoms with E-state index < -0.39 is 0 Å². The van der Waals surface area contributed by atoms with E-state index in [9.17, 15) is 0 Å². The van der Waals surface area contributed by atoms with Crippen molar-refractivity contribution >= 4 is 11.6 Å². The predicted molar refractivity (Wildman–Crippen MR) is 80.3 cm³/mol. The third kappa shape index (κ3) is 3.29. The molecule has 1 aromatic rings. The van der Waals surface area contributed by atoms with Crippen LogP contribution in [0.3, 0.4) is 0 Å². The van der Waals surface area contributed by atoms with E-state index in [0.717, 1.165) is 5.92 Å². The van der Waals surface area contributed by atoms with Gasteiger partial charge in [-0.05, 0) is 35.3 Å². The summed E-state index contributed by atoms with van der Waals surface area (Å²) in [6.45, 7) is 6.58. The highest BCUT2D eigenvalue weighted by Gasteiger charge is 2.24. The standard InChI is InChI=1S/C17H25Cl/c1-17(2,3)16(18)15-11-9-14(10-12-15)13-7-5-4-6-8-13/h9-13,16H,4-8H2,1-3H3. The van der Waals surface area contributed by atoms with Gasteiger partial charge in [-0.25, -0.2) is 0 Å². The first-order valence-corrected chi connectivity index (χ1v) is 7.66. The molecule has 0 nitrogen and oxygen atoms in total. The maximum atomic E-state index is 6.52. The zero-order valence-electron chi connectivity index (χ0n) is 11.9. The number of halogens is 1. The Hall–Kier alpha value is -0.490. The molecule has 0 aliphatic heterocycles. The molecule has 0 aromatic heterocycles. The summed E-state index contributed by atoms with van der Waals surface area (Å²) in [4.78, 5) is 0. The van der Waals surface area contributed by atoms with Crippen LogP contribution in [0.4, 0.5) is 0 Å². The molecule has 1 aromatic carbocycles. The first-order chi connectivity index (χ1) is 8.48. The highest BCUT2D eigenvalue weighted by Crippen LogP contribution is 2.39. The summed E-state index contributed by atoms with van der Waals surface area (Å²) in [5.41, 5.74) is 2.88. The van der Waals surface area contributed by atoms with Crippen LogP contribution in [0, 0.1) is 5.41 Å². The Bertz CT molecular complexity index is 366. The Morgan fingerprint density at radius 1 is 1.00 bits per heavy atom. The van der Waals surface area contributed by atoms with Gasteiger partial charge < -0.3 is 0 Å². The summed E-state index contributed by atoms with van der Waals surface area (Å²) < 4.78 is 0. The molecule has 1 unspecified atom stereocenters. The van der Waals surface area contributed by atoms with Gasteiger partial charge in [0.1, 0.15) is 0 Å². The van der Waals surface area contributed by atoms with E-state index in [2.05, 4.69) is 45.0 Å². The van der Waals surface area contributed by atoms with Crippen LogP contribution in [0.1, 0.15) is 75.3 Å². The molecule has 2 rings (SSSR count). The number of rotatable bonds is 2. The van der Waals surface area contributed by atoms with E-state index in [0.29, 0.717) is 0 Å². The van der Waals surface area contributed by atoms with Crippen molar-refractivity contribution in [2.45, 2.75) is 64.2 Å². The maximum absolute atomic E-state index is 6.52. The van der Waals surface area contributed by atoms with Crippen LogP contribution in [0.15, 0.2) is 24.3 Å². The summed E-state index contributed by atoms with van der Waals surface area (Å²) in [5.74, 6) is 0.788. The van der Waals surface area contributed by atoms with E-state index in [1.165, 1.54) is 43.2 Å². The molecule has 1 atom stereocenters. The van der Waals surface area contributed by atoms with Crippen molar-refractivity contribution in [2.75, 3.05) is 0 Å². The summed E-state index contributed by atoms with van der Waals surface area (Å²) in [5, 5.41) is 0.0953. The number of hydrogen-bond acceptors (Lipinski definition) is 0. The lowest BCUT2D eigenvalue weighted by Gasteiger charge is -2.26. The fraction of sp³-hybridized carbons (Fsp3) is 0.647. The van der Waals surface area contributed by atoms with Crippen LogP contribution in [0.5, 0.6) is 0 Å². The van der Waals surface area contributed by atoms with E-state index >= 15 is 0 Å². The van der Waals surface area contributed by atoms with E-state index in [-0.39, 0.29) is 10.8 Å². The van der Waals surface area contributed by atoms with Crippen molar-refractivity contribution in [3.63, 3.8) is 0 Å². The quantitative estimate of drug-likeness (QED) is 0.570. The largest absolute Gasteiger partial charge is 0.117 e. The van der Waals surface area contributed by atoms with Crippen LogP contribution in [0.25, 0.3) is 0 Å². The molecular formula is C17H25Cl. The monoisotopic (exact) mass is 264 g/mol.